The highest BCUT2D eigenvalue weighted by atomic mass is 16.1. The summed E-state index contributed by atoms with van der Waals surface area (Å²) in [7, 11) is 0. The lowest BCUT2D eigenvalue weighted by molar-refractivity contribution is 0.0969. The van der Waals surface area contributed by atoms with Gasteiger partial charge in [-0.05, 0) is 91.7 Å². The molecule has 1 atom stereocenters. The highest BCUT2D eigenvalue weighted by Gasteiger charge is 2.29. The monoisotopic (exact) mass is 479 g/mol. The van der Waals surface area contributed by atoms with E-state index in [1.54, 1.807) is 0 Å². The molecule has 0 spiro atoms. The third kappa shape index (κ3) is 6.16. The fourth-order valence-electron chi connectivity index (χ4n) is 5.96. The van der Waals surface area contributed by atoms with Crippen molar-refractivity contribution in [3.05, 3.63) is 107 Å². The molecule has 0 radical (unpaired) electrons. The van der Waals surface area contributed by atoms with Crippen molar-refractivity contribution in [3.8, 4) is 0 Å². The van der Waals surface area contributed by atoms with E-state index in [9.17, 15) is 4.79 Å². The second-order valence-corrected chi connectivity index (χ2v) is 11.3. The largest absolute Gasteiger partial charge is 0.303 e. The molecule has 0 amide bonds. The Morgan fingerprint density at radius 2 is 1.39 bits per heavy atom. The van der Waals surface area contributed by atoms with E-state index in [-0.39, 0.29) is 0 Å². The highest BCUT2D eigenvalue weighted by Crippen LogP contribution is 2.40. The first kappa shape index (κ1) is 25.0. The first-order chi connectivity index (χ1) is 17.6. The molecule has 36 heavy (non-hydrogen) atoms. The number of ketones is 1. The maximum atomic E-state index is 12.7. The van der Waals surface area contributed by atoms with Crippen molar-refractivity contribution in [1.29, 1.82) is 0 Å². The first-order valence-electron chi connectivity index (χ1n) is 14.1. The molecular weight excluding hydrogens is 438 g/mol. The van der Waals surface area contributed by atoms with Crippen LogP contribution in [0.4, 0.5) is 0 Å². The van der Waals surface area contributed by atoms with Crippen LogP contribution in [0.3, 0.4) is 0 Å². The van der Waals surface area contributed by atoms with Gasteiger partial charge in [0.25, 0.3) is 0 Å². The Labute approximate surface area is 217 Å². The number of hydrogen-bond acceptors (Lipinski definition) is 2. The number of carbonyl (C=O) groups excluding carboxylic acids is 1. The second-order valence-electron chi connectivity index (χ2n) is 11.3. The minimum atomic E-state index is 0.293. The van der Waals surface area contributed by atoms with E-state index in [0.717, 1.165) is 37.5 Å². The average Bonchev–Trinajstić information content (AvgIpc) is 3.76. The van der Waals surface area contributed by atoms with Gasteiger partial charge in [0.15, 0.2) is 5.78 Å². The predicted octanol–water partition coefficient (Wildman–Crippen LogP) is 8.19. The molecule has 0 bridgehead atoms. The average molecular weight is 480 g/mol. The number of likely N-dealkylation sites (tertiary alicyclic amines) is 1. The van der Waals surface area contributed by atoms with Gasteiger partial charge < -0.3 is 4.90 Å². The molecule has 0 N–H and O–H groups in total. The number of Topliss-reactive ketones (excluding diaryl/α,β-unsaturated/α-hetero) is 1. The molecule has 1 aliphatic carbocycles. The molecule has 2 nitrogen and oxygen atoms in total. The zero-order valence-corrected chi connectivity index (χ0v) is 22.0. The number of rotatable bonds is 10. The van der Waals surface area contributed by atoms with Crippen molar-refractivity contribution < 1.29 is 4.79 Å². The maximum Gasteiger partial charge on any atom is 0.162 e. The summed E-state index contributed by atoms with van der Waals surface area (Å²) in [5.41, 5.74) is 6.58. The summed E-state index contributed by atoms with van der Waals surface area (Å²) < 4.78 is 0. The van der Waals surface area contributed by atoms with E-state index < -0.39 is 0 Å². The molecule has 1 heterocycles. The lowest BCUT2D eigenvalue weighted by atomic mass is 9.76. The standard InChI is InChI=1S/C34H41NO/c1-25(2)26-10-18-31(19-11-26)34(30-7-4-3-5-8-30)32-20-23-35(24-21-32)22-6-9-33(36)29-16-14-28(15-17-29)27-12-13-27/h3-5,7-8,10-11,14-19,25,27,32,34H,6,9,12-13,20-24H2,1-2H3. The van der Waals surface area contributed by atoms with Crippen LogP contribution < -0.4 is 0 Å². The van der Waals surface area contributed by atoms with E-state index in [1.807, 2.05) is 12.1 Å². The normalized spacial score (nSPS) is 17.9. The van der Waals surface area contributed by atoms with Gasteiger partial charge in [0.1, 0.15) is 0 Å². The fraction of sp³-hybridized carbons (Fsp3) is 0.441. The Hall–Kier alpha value is -2.71. The van der Waals surface area contributed by atoms with Crippen molar-refractivity contribution in [1.82, 2.24) is 4.90 Å². The summed E-state index contributed by atoms with van der Waals surface area (Å²) in [5, 5.41) is 0. The van der Waals surface area contributed by atoms with Crippen LogP contribution in [0.1, 0.15) is 103 Å². The summed E-state index contributed by atoms with van der Waals surface area (Å²) >= 11 is 0. The predicted molar refractivity (Wildman–Crippen MR) is 150 cm³/mol. The van der Waals surface area contributed by atoms with Gasteiger partial charge >= 0.3 is 0 Å². The quantitative estimate of drug-likeness (QED) is 0.273. The SMILES string of the molecule is CC(C)c1ccc(C(c2ccccc2)C2CCN(CCCC(=O)c3ccc(C4CC4)cc3)CC2)cc1. The van der Waals surface area contributed by atoms with E-state index in [0.29, 0.717) is 30.0 Å². The molecule has 2 heteroatoms. The molecule has 188 valence electrons. The lowest BCUT2D eigenvalue weighted by Crippen LogP contribution is -2.36. The number of hydrogen-bond donors (Lipinski definition) is 0. The van der Waals surface area contributed by atoms with E-state index >= 15 is 0 Å². The third-order valence-corrected chi connectivity index (χ3v) is 8.38. The zero-order chi connectivity index (χ0) is 24.9. The second kappa shape index (κ2) is 11.6. The Balaban J connectivity index is 1.15. The molecule has 3 aromatic carbocycles. The number of nitrogens with zero attached hydrogens (tertiary/aromatic N) is 1. The fourth-order valence-corrected chi connectivity index (χ4v) is 5.96. The van der Waals surface area contributed by atoms with Crippen LogP contribution in [0.15, 0.2) is 78.9 Å². The van der Waals surface area contributed by atoms with E-state index in [2.05, 4.69) is 85.5 Å². The van der Waals surface area contributed by atoms with Gasteiger partial charge in [-0.25, -0.2) is 0 Å². The summed E-state index contributed by atoms with van der Waals surface area (Å²) in [4.78, 5) is 15.3. The lowest BCUT2D eigenvalue weighted by Gasteiger charge is -2.36. The smallest absolute Gasteiger partial charge is 0.162 e. The third-order valence-electron chi connectivity index (χ3n) is 8.38. The van der Waals surface area contributed by atoms with Crippen LogP contribution in [-0.4, -0.2) is 30.3 Å². The Kier molecular flexibility index (Phi) is 8.02. The van der Waals surface area contributed by atoms with Crippen LogP contribution in [-0.2, 0) is 0 Å². The van der Waals surface area contributed by atoms with E-state index in [4.69, 9.17) is 0 Å². The zero-order valence-electron chi connectivity index (χ0n) is 22.0. The van der Waals surface area contributed by atoms with Crippen LogP contribution in [0.25, 0.3) is 0 Å². The first-order valence-corrected chi connectivity index (χ1v) is 14.1. The minimum Gasteiger partial charge on any atom is -0.303 e. The Morgan fingerprint density at radius 1 is 0.778 bits per heavy atom. The minimum absolute atomic E-state index is 0.293. The Bertz CT molecular complexity index is 1100. The van der Waals surface area contributed by atoms with Gasteiger partial charge in [-0.1, -0.05) is 92.7 Å². The molecule has 2 aliphatic rings. The van der Waals surface area contributed by atoms with E-state index in [1.165, 1.54) is 47.9 Å². The molecule has 1 unspecified atom stereocenters. The van der Waals surface area contributed by atoms with Crippen LogP contribution >= 0.6 is 0 Å². The van der Waals surface area contributed by atoms with Crippen molar-refractivity contribution >= 4 is 5.78 Å². The van der Waals surface area contributed by atoms with Gasteiger partial charge in [-0.2, -0.15) is 0 Å². The summed E-state index contributed by atoms with van der Waals surface area (Å²) in [5.74, 6) is 2.71. The molecular formula is C34H41NO. The summed E-state index contributed by atoms with van der Waals surface area (Å²) in [6, 6.07) is 28.8. The van der Waals surface area contributed by atoms with Crippen LogP contribution in [0.2, 0.25) is 0 Å². The van der Waals surface area contributed by atoms with Crippen molar-refractivity contribution in [2.45, 2.75) is 70.1 Å². The van der Waals surface area contributed by atoms with Crippen molar-refractivity contribution in [2.75, 3.05) is 19.6 Å². The molecule has 5 rings (SSSR count). The maximum absolute atomic E-state index is 12.7. The van der Waals surface area contributed by atoms with Crippen LogP contribution in [0, 0.1) is 5.92 Å². The number of benzene rings is 3. The topological polar surface area (TPSA) is 20.3 Å². The molecule has 1 saturated heterocycles. The molecule has 3 aromatic rings. The highest BCUT2D eigenvalue weighted by molar-refractivity contribution is 5.96. The van der Waals surface area contributed by atoms with Gasteiger partial charge in [-0.15, -0.1) is 0 Å². The molecule has 0 aromatic heterocycles. The number of piperidine rings is 1. The molecule has 1 saturated carbocycles. The molecule has 1 aliphatic heterocycles. The Morgan fingerprint density at radius 3 is 2.00 bits per heavy atom. The van der Waals surface area contributed by atoms with Gasteiger partial charge in [0.2, 0.25) is 0 Å². The molecule has 2 fully saturated rings. The summed E-state index contributed by atoms with van der Waals surface area (Å²) in [6.07, 6.45) is 6.63. The van der Waals surface area contributed by atoms with Crippen molar-refractivity contribution in [3.63, 3.8) is 0 Å². The summed E-state index contributed by atoms with van der Waals surface area (Å²) in [6.45, 7) is 7.80. The number of carbonyl (C=O) groups is 1. The van der Waals surface area contributed by atoms with Gasteiger partial charge in [0, 0.05) is 17.9 Å². The van der Waals surface area contributed by atoms with Crippen LogP contribution in [0.5, 0.6) is 0 Å². The van der Waals surface area contributed by atoms with Gasteiger partial charge in [0.05, 0.1) is 0 Å². The van der Waals surface area contributed by atoms with Crippen molar-refractivity contribution in [2.24, 2.45) is 5.92 Å². The van der Waals surface area contributed by atoms with Gasteiger partial charge in [-0.3, -0.25) is 4.79 Å².